The highest BCUT2D eigenvalue weighted by molar-refractivity contribution is 8.04. The first-order valence-corrected chi connectivity index (χ1v) is 9.86. The minimum absolute atomic E-state index is 0.00878. The quantitative estimate of drug-likeness (QED) is 0.773. The highest BCUT2D eigenvalue weighted by Gasteiger charge is 2.42. The molecule has 0 radical (unpaired) electrons. The van der Waals surface area contributed by atoms with Gasteiger partial charge in [-0.05, 0) is 38.3 Å². The van der Waals surface area contributed by atoms with Gasteiger partial charge in [0.25, 0.3) is 5.91 Å². The van der Waals surface area contributed by atoms with E-state index < -0.39 is 23.1 Å². The lowest BCUT2D eigenvalue weighted by Gasteiger charge is -2.40. The molecule has 1 aliphatic rings. The van der Waals surface area contributed by atoms with Crippen molar-refractivity contribution in [2.24, 2.45) is 5.41 Å². The van der Waals surface area contributed by atoms with Crippen molar-refractivity contribution in [3.05, 3.63) is 40.5 Å². The first-order valence-electron chi connectivity index (χ1n) is 8.87. The number of halogens is 2. The van der Waals surface area contributed by atoms with Crippen LogP contribution in [0.5, 0.6) is 0 Å². The molecular weight excluding hydrogens is 386 g/mol. The lowest BCUT2D eigenvalue weighted by atomic mass is 10.0. The van der Waals surface area contributed by atoms with E-state index in [2.05, 4.69) is 26.1 Å². The highest BCUT2D eigenvalue weighted by atomic mass is 32.2. The Bertz CT molecular complexity index is 796. The van der Waals surface area contributed by atoms with Crippen LogP contribution in [0.25, 0.3) is 0 Å². The third kappa shape index (κ3) is 5.25. The second-order valence-electron chi connectivity index (χ2n) is 8.41. The van der Waals surface area contributed by atoms with Crippen molar-refractivity contribution in [1.29, 1.82) is 0 Å². The summed E-state index contributed by atoms with van der Waals surface area (Å²) in [5.74, 6) is -1.25. The predicted octanol–water partition coefficient (Wildman–Crippen LogP) is 4.51. The monoisotopic (exact) mass is 412 g/mol. The molecule has 0 saturated carbocycles. The SMILES string of the molecule is CC1=C(SCC(C)(C)C)C(=O)N(C(C)(C)C(=O)Nc2cc(F)cc(F)c2)CO1. The van der Waals surface area contributed by atoms with Gasteiger partial charge in [0.1, 0.15) is 27.8 Å². The van der Waals surface area contributed by atoms with Gasteiger partial charge in [0.2, 0.25) is 5.91 Å². The van der Waals surface area contributed by atoms with Gasteiger partial charge in [-0.15, -0.1) is 11.8 Å². The maximum absolute atomic E-state index is 13.4. The summed E-state index contributed by atoms with van der Waals surface area (Å²) in [5, 5.41) is 2.47. The molecule has 28 heavy (non-hydrogen) atoms. The number of hydrogen-bond acceptors (Lipinski definition) is 4. The minimum atomic E-state index is -1.30. The second kappa shape index (κ2) is 8.11. The van der Waals surface area contributed by atoms with E-state index in [4.69, 9.17) is 4.74 Å². The summed E-state index contributed by atoms with van der Waals surface area (Å²) in [4.78, 5) is 27.6. The fourth-order valence-electron chi connectivity index (χ4n) is 2.46. The van der Waals surface area contributed by atoms with Crippen LogP contribution in [-0.2, 0) is 14.3 Å². The topological polar surface area (TPSA) is 58.6 Å². The average Bonchev–Trinajstić information content (AvgIpc) is 2.52. The Balaban J connectivity index is 2.19. The Kier molecular flexibility index (Phi) is 6.43. The molecule has 0 spiro atoms. The van der Waals surface area contributed by atoms with E-state index in [1.165, 1.54) is 16.7 Å². The standard InChI is InChI=1S/C20H26F2N2O3S/c1-12-16(28-10-19(2,3)4)17(25)24(11-27-12)20(5,6)18(26)23-15-8-13(21)7-14(22)9-15/h7-9H,10-11H2,1-6H3,(H,23,26). The van der Waals surface area contributed by atoms with E-state index >= 15 is 0 Å². The molecule has 2 rings (SSSR count). The zero-order valence-electron chi connectivity index (χ0n) is 17.0. The lowest BCUT2D eigenvalue weighted by Crippen LogP contribution is -2.57. The van der Waals surface area contributed by atoms with E-state index in [1.54, 1.807) is 20.8 Å². The molecule has 0 fully saturated rings. The lowest BCUT2D eigenvalue weighted by molar-refractivity contribution is -0.148. The second-order valence-corrected chi connectivity index (χ2v) is 9.40. The van der Waals surface area contributed by atoms with Crippen LogP contribution in [0, 0.1) is 17.0 Å². The molecule has 154 valence electrons. The maximum atomic E-state index is 13.4. The van der Waals surface area contributed by atoms with Crippen molar-refractivity contribution in [3.8, 4) is 0 Å². The number of amides is 2. The Labute approximate surface area is 168 Å². The van der Waals surface area contributed by atoms with Crippen molar-refractivity contribution in [3.63, 3.8) is 0 Å². The van der Waals surface area contributed by atoms with E-state index in [-0.39, 0.29) is 23.7 Å². The Morgan fingerprint density at radius 3 is 2.29 bits per heavy atom. The number of anilines is 1. The summed E-state index contributed by atoms with van der Waals surface area (Å²) in [6.07, 6.45) is 0. The molecule has 0 saturated heterocycles. The summed E-state index contributed by atoms with van der Waals surface area (Å²) in [7, 11) is 0. The van der Waals surface area contributed by atoms with Crippen LogP contribution in [0.3, 0.4) is 0 Å². The Hall–Kier alpha value is -2.09. The number of allylic oxidation sites excluding steroid dienone is 1. The van der Waals surface area contributed by atoms with Crippen LogP contribution in [0.2, 0.25) is 0 Å². The third-order valence-electron chi connectivity index (χ3n) is 4.17. The highest BCUT2D eigenvalue weighted by Crippen LogP contribution is 2.34. The molecule has 5 nitrogen and oxygen atoms in total. The summed E-state index contributed by atoms with van der Waals surface area (Å²) in [5.41, 5.74) is -1.31. The number of nitrogens with zero attached hydrogens (tertiary/aromatic N) is 1. The van der Waals surface area contributed by atoms with E-state index in [0.29, 0.717) is 16.4 Å². The molecule has 0 atom stereocenters. The first kappa shape index (κ1) is 22.2. The smallest absolute Gasteiger partial charge is 0.267 e. The number of ether oxygens (including phenoxy) is 1. The van der Waals surface area contributed by atoms with Crippen molar-refractivity contribution >= 4 is 29.3 Å². The van der Waals surface area contributed by atoms with Crippen molar-refractivity contribution < 1.29 is 23.1 Å². The number of thioether (sulfide) groups is 1. The molecule has 0 bridgehead atoms. The van der Waals surface area contributed by atoms with Gasteiger partial charge in [-0.1, -0.05) is 20.8 Å². The molecule has 0 aromatic heterocycles. The van der Waals surface area contributed by atoms with Gasteiger partial charge in [0.05, 0.1) is 0 Å². The van der Waals surface area contributed by atoms with Crippen LogP contribution in [0.15, 0.2) is 28.9 Å². The zero-order chi connectivity index (χ0) is 21.3. The summed E-state index contributed by atoms with van der Waals surface area (Å²) >= 11 is 1.39. The van der Waals surface area contributed by atoms with Crippen LogP contribution >= 0.6 is 11.8 Å². The minimum Gasteiger partial charge on any atom is -0.476 e. The van der Waals surface area contributed by atoms with Crippen LogP contribution in [-0.4, -0.2) is 34.7 Å². The van der Waals surface area contributed by atoms with Crippen molar-refractivity contribution in [2.45, 2.75) is 47.1 Å². The fraction of sp³-hybridized carbons (Fsp3) is 0.500. The van der Waals surface area contributed by atoms with E-state index in [9.17, 15) is 18.4 Å². The van der Waals surface area contributed by atoms with Gasteiger partial charge >= 0.3 is 0 Å². The zero-order valence-corrected chi connectivity index (χ0v) is 17.8. The normalized spacial score (nSPS) is 15.6. The molecule has 1 aromatic carbocycles. The Morgan fingerprint density at radius 2 is 1.75 bits per heavy atom. The number of nitrogens with one attached hydrogen (secondary N) is 1. The molecule has 2 amide bonds. The number of carbonyl (C=O) groups is 2. The molecule has 8 heteroatoms. The summed E-state index contributed by atoms with van der Waals surface area (Å²) in [6.45, 7) is 11.0. The number of carbonyl (C=O) groups excluding carboxylic acids is 2. The molecule has 1 heterocycles. The Morgan fingerprint density at radius 1 is 1.18 bits per heavy atom. The summed E-state index contributed by atoms with van der Waals surface area (Å²) < 4.78 is 32.4. The first-order chi connectivity index (χ1) is 12.8. The number of hydrogen-bond donors (Lipinski definition) is 1. The molecule has 1 aromatic rings. The summed E-state index contributed by atoms with van der Waals surface area (Å²) in [6, 6.07) is 2.75. The molecular formula is C20H26F2N2O3S. The van der Waals surface area contributed by atoms with E-state index in [1.807, 2.05) is 0 Å². The van der Waals surface area contributed by atoms with Crippen LogP contribution < -0.4 is 5.32 Å². The third-order valence-corrected chi connectivity index (χ3v) is 5.93. The van der Waals surface area contributed by atoms with Crippen molar-refractivity contribution in [2.75, 3.05) is 17.8 Å². The molecule has 0 unspecified atom stereocenters. The van der Waals surface area contributed by atoms with Crippen LogP contribution in [0.4, 0.5) is 14.5 Å². The largest absolute Gasteiger partial charge is 0.476 e. The maximum Gasteiger partial charge on any atom is 0.267 e. The fourth-order valence-corrected chi connectivity index (χ4v) is 3.53. The predicted molar refractivity (Wildman–Crippen MR) is 106 cm³/mol. The molecule has 0 aliphatic carbocycles. The van der Waals surface area contributed by atoms with Gasteiger partial charge < -0.3 is 10.1 Å². The number of rotatable bonds is 5. The van der Waals surface area contributed by atoms with Gasteiger partial charge in [-0.3, -0.25) is 14.5 Å². The van der Waals surface area contributed by atoms with Gasteiger partial charge in [-0.25, -0.2) is 8.78 Å². The van der Waals surface area contributed by atoms with Gasteiger partial charge in [0, 0.05) is 17.5 Å². The van der Waals surface area contributed by atoms with Crippen molar-refractivity contribution in [1.82, 2.24) is 4.90 Å². The number of benzene rings is 1. The molecule has 1 N–H and O–H groups in total. The van der Waals surface area contributed by atoms with Gasteiger partial charge in [0.15, 0.2) is 6.73 Å². The van der Waals surface area contributed by atoms with E-state index in [0.717, 1.165) is 18.2 Å². The molecule has 1 aliphatic heterocycles. The van der Waals surface area contributed by atoms with Gasteiger partial charge in [-0.2, -0.15) is 0 Å². The van der Waals surface area contributed by atoms with Crippen LogP contribution in [0.1, 0.15) is 41.5 Å². The average molecular weight is 413 g/mol.